The normalized spacial score (nSPS) is 19.6. The van der Waals surface area contributed by atoms with Crippen LogP contribution in [0.25, 0.3) is 0 Å². The van der Waals surface area contributed by atoms with E-state index in [1.807, 2.05) is 24.3 Å². The van der Waals surface area contributed by atoms with Crippen LogP contribution in [0, 0.1) is 0 Å². The summed E-state index contributed by atoms with van der Waals surface area (Å²) in [6.07, 6.45) is 8.34. The summed E-state index contributed by atoms with van der Waals surface area (Å²) in [5, 5.41) is 0. The van der Waals surface area contributed by atoms with Crippen molar-refractivity contribution in [1.29, 1.82) is 0 Å². The van der Waals surface area contributed by atoms with E-state index in [-0.39, 0.29) is 12.0 Å². The molecule has 3 rings (SSSR count). The highest BCUT2D eigenvalue weighted by Crippen LogP contribution is 2.24. The molecule has 0 radical (unpaired) electrons. The van der Waals surface area contributed by atoms with E-state index in [2.05, 4.69) is 30.0 Å². The monoisotopic (exact) mass is 397 g/mol. The standard InChI is InChI=1S/C24H35N3O2/c1-4-13-27(14-5-2)24(28)20-7-6-8-23(19-20)29-22-11-17-26(18-12-22)21-9-15-25(3)16-10-21/h4-8,19,21-22H,1-2,9-18H2,3H3. The van der Waals surface area contributed by atoms with Crippen LogP contribution in [-0.2, 0) is 0 Å². The molecular formula is C24H35N3O2. The zero-order chi connectivity index (χ0) is 20.6. The van der Waals surface area contributed by atoms with Crippen molar-refractivity contribution in [1.82, 2.24) is 14.7 Å². The fourth-order valence-corrected chi connectivity index (χ4v) is 4.35. The lowest BCUT2D eigenvalue weighted by molar-refractivity contribution is 0.0524. The molecule has 0 saturated carbocycles. The number of amides is 1. The first kappa shape index (κ1) is 21.6. The second kappa shape index (κ2) is 10.6. The van der Waals surface area contributed by atoms with Crippen molar-refractivity contribution < 1.29 is 9.53 Å². The highest BCUT2D eigenvalue weighted by Gasteiger charge is 2.28. The molecule has 158 valence electrons. The zero-order valence-corrected chi connectivity index (χ0v) is 17.8. The second-order valence-corrected chi connectivity index (χ2v) is 8.20. The molecule has 0 N–H and O–H groups in total. The summed E-state index contributed by atoms with van der Waals surface area (Å²) >= 11 is 0. The zero-order valence-electron chi connectivity index (χ0n) is 17.8. The third-order valence-corrected chi connectivity index (χ3v) is 6.05. The van der Waals surface area contributed by atoms with Crippen LogP contribution in [0.15, 0.2) is 49.6 Å². The van der Waals surface area contributed by atoms with Gasteiger partial charge in [-0.15, -0.1) is 13.2 Å². The minimum absolute atomic E-state index is 0.0210. The van der Waals surface area contributed by atoms with Crippen LogP contribution in [0.4, 0.5) is 0 Å². The number of nitrogens with zero attached hydrogens (tertiary/aromatic N) is 3. The summed E-state index contributed by atoms with van der Waals surface area (Å²) in [6.45, 7) is 13.1. The third-order valence-electron chi connectivity index (χ3n) is 6.05. The summed E-state index contributed by atoms with van der Waals surface area (Å²) in [6, 6.07) is 8.29. The maximum Gasteiger partial charge on any atom is 0.254 e. The van der Waals surface area contributed by atoms with Crippen LogP contribution < -0.4 is 4.74 Å². The molecule has 1 amide bonds. The van der Waals surface area contributed by atoms with Gasteiger partial charge in [0.15, 0.2) is 0 Å². The first-order valence-electron chi connectivity index (χ1n) is 10.8. The van der Waals surface area contributed by atoms with E-state index >= 15 is 0 Å². The number of rotatable bonds is 8. The molecule has 1 aromatic carbocycles. The van der Waals surface area contributed by atoms with E-state index in [1.165, 1.54) is 25.9 Å². The van der Waals surface area contributed by atoms with E-state index in [0.717, 1.165) is 37.7 Å². The van der Waals surface area contributed by atoms with Gasteiger partial charge >= 0.3 is 0 Å². The SMILES string of the molecule is C=CCN(CC=C)C(=O)c1cccc(OC2CCN(C3CCN(C)CC3)CC2)c1. The van der Waals surface area contributed by atoms with Crippen LogP contribution >= 0.6 is 0 Å². The molecule has 29 heavy (non-hydrogen) atoms. The fourth-order valence-electron chi connectivity index (χ4n) is 4.35. The van der Waals surface area contributed by atoms with Gasteiger partial charge in [0.05, 0.1) is 0 Å². The summed E-state index contributed by atoms with van der Waals surface area (Å²) < 4.78 is 6.25. The molecule has 5 heteroatoms. The average Bonchev–Trinajstić information content (AvgIpc) is 2.74. The maximum absolute atomic E-state index is 12.8. The number of carbonyl (C=O) groups is 1. The molecule has 5 nitrogen and oxygen atoms in total. The van der Waals surface area contributed by atoms with Gasteiger partial charge in [0.2, 0.25) is 0 Å². The minimum atomic E-state index is -0.0210. The molecule has 0 atom stereocenters. The molecule has 0 unspecified atom stereocenters. The Balaban J connectivity index is 1.53. The van der Waals surface area contributed by atoms with Crippen molar-refractivity contribution in [2.24, 2.45) is 0 Å². The Labute approximate surface area is 175 Å². The number of ether oxygens (including phenoxy) is 1. The number of likely N-dealkylation sites (tertiary alicyclic amines) is 2. The molecule has 0 aliphatic carbocycles. The van der Waals surface area contributed by atoms with Crippen LogP contribution in [0.1, 0.15) is 36.0 Å². The van der Waals surface area contributed by atoms with E-state index in [0.29, 0.717) is 18.7 Å². The average molecular weight is 398 g/mol. The fraction of sp³-hybridized carbons (Fsp3) is 0.542. The summed E-state index contributed by atoms with van der Waals surface area (Å²) in [7, 11) is 2.21. The lowest BCUT2D eigenvalue weighted by Gasteiger charge is -2.41. The lowest BCUT2D eigenvalue weighted by atomic mass is 9.99. The molecule has 0 spiro atoms. The quantitative estimate of drug-likeness (QED) is 0.630. The molecule has 2 saturated heterocycles. The predicted molar refractivity (Wildman–Crippen MR) is 118 cm³/mol. The Kier molecular flexibility index (Phi) is 7.90. The summed E-state index contributed by atoms with van der Waals surface area (Å²) in [5.41, 5.74) is 0.648. The highest BCUT2D eigenvalue weighted by molar-refractivity contribution is 5.94. The first-order chi connectivity index (χ1) is 14.1. The highest BCUT2D eigenvalue weighted by atomic mass is 16.5. The Hall–Kier alpha value is -2.11. The molecular weight excluding hydrogens is 362 g/mol. The second-order valence-electron chi connectivity index (χ2n) is 8.20. The predicted octanol–water partition coefficient (Wildman–Crippen LogP) is 3.44. The smallest absolute Gasteiger partial charge is 0.254 e. The van der Waals surface area contributed by atoms with Gasteiger partial charge in [0.25, 0.3) is 5.91 Å². The largest absolute Gasteiger partial charge is 0.490 e. The van der Waals surface area contributed by atoms with Crippen molar-refractivity contribution in [3.05, 3.63) is 55.1 Å². The van der Waals surface area contributed by atoms with Crippen molar-refractivity contribution in [2.45, 2.75) is 37.8 Å². The molecule has 0 aromatic heterocycles. The molecule has 2 aliphatic rings. The van der Waals surface area contributed by atoms with Crippen LogP contribution in [0.2, 0.25) is 0 Å². The maximum atomic E-state index is 12.8. The number of piperidine rings is 2. The van der Waals surface area contributed by atoms with Gasteiger partial charge in [-0.25, -0.2) is 0 Å². The Morgan fingerprint density at radius 3 is 2.38 bits per heavy atom. The van der Waals surface area contributed by atoms with Gasteiger partial charge in [-0.2, -0.15) is 0 Å². The number of hydrogen-bond acceptors (Lipinski definition) is 4. The van der Waals surface area contributed by atoms with Gasteiger partial charge < -0.3 is 19.4 Å². The van der Waals surface area contributed by atoms with Crippen LogP contribution in [0.3, 0.4) is 0 Å². The summed E-state index contributed by atoms with van der Waals surface area (Å²) in [5.74, 6) is 0.762. The Bertz CT molecular complexity index is 679. The van der Waals surface area contributed by atoms with Gasteiger partial charge in [-0.3, -0.25) is 4.79 Å². The van der Waals surface area contributed by atoms with E-state index in [9.17, 15) is 4.79 Å². The number of carbonyl (C=O) groups excluding carboxylic acids is 1. The molecule has 1 aromatic rings. The van der Waals surface area contributed by atoms with E-state index < -0.39 is 0 Å². The van der Waals surface area contributed by atoms with E-state index in [1.54, 1.807) is 17.1 Å². The third kappa shape index (κ3) is 5.94. The summed E-state index contributed by atoms with van der Waals surface area (Å²) in [4.78, 5) is 19.6. The molecule has 2 fully saturated rings. The van der Waals surface area contributed by atoms with Gasteiger partial charge in [0, 0.05) is 37.8 Å². The number of benzene rings is 1. The van der Waals surface area contributed by atoms with Crippen molar-refractivity contribution in [2.75, 3.05) is 46.3 Å². The van der Waals surface area contributed by atoms with E-state index in [4.69, 9.17) is 4.74 Å². The van der Waals surface area contributed by atoms with Crippen LogP contribution in [-0.4, -0.2) is 79.1 Å². The van der Waals surface area contributed by atoms with Crippen molar-refractivity contribution in [3.8, 4) is 5.75 Å². The molecule has 2 heterocycles. The van der Waals surface area contributed by atoms with Gasteiger partial charge in [0.1, 0.15) is 11.9 Å². The lowest BCUT2D eigenvalue weighted by Crippen LogP contribution is -2.48. The van der Waals surface area contributed by atoms with Crippen molar-refractivity contribution >= 4 is 5.91 Å². The Morgan fingerprint density at radius 2 is 1.76 bits per heavy atom. The molecule has 2 aliphatic heterocycles. The molecule has 0 bridgehead atoms. The van der Waals surface area contributed by atoms with Crippen molar-refractivity contribution in [3.63, 3.8) is 0 Å². The first-order valence-corrected chi connectivity index (χ1v) is 10.8. The topological polar surface area (TPSA) is 36.0 Å². The van der Waals surface area contributed by atoms with Gasteiger partial charge in [-0.05, 0) is 64.0 Å². The number of hydrogen-bond donors (Lipinski definition) is 0. The van der Waals surface area contributed by atoms with Crippen LogP contribution in [0.5, 0.6) is 5.75 Å². The Morgan fingerprint density at radius 1 is 1.10 bits per heavy atom. The van der Waals surface area contributed by atoms with Gasteiger partial charge in [-0.1, -0.05) is 18.2 Å². The minimum Gasteiger partial charge on any atom is -0.490 e.